The number of aryl methyl sites for hydroxylation is 1. The van der Waals surface area contributed by atoms with Gasteiger partial charge in [-0.05, 0) is 54.3 Å². The number of benzene rings is 4. The molecule has 0 amide bonds. The maximum atomic E-state index is 15.0. The van der Waals surface area contributed by atoms with Crippen LogP contribution in [0, 0.1) is 23.3 Å². The normalized spacial score (nSPS) is 10.9. The average molecular weight is 509 g/mol. The number of rotatable bonds is 8. The summed E-state index contributed by atoms with van der Waals surface area (Å²) in [7, 11) is 0. The van der Waals surface area contributed by atoms with Crippen LogP contribution < -0.4 is 9.47 Å². The molecule has 4 rings (SSSR count). The zero-order valence-corrected chi connectivity index (χ0v) is 20.3. The van der Waals surface area contributed by atoms with Crippen LogP contribution in [0.1, 0.15) is 36.2 Å². The van der Waals surface area contributed by atoms with Crippen LogP contribution in [0.5, 0.6) is 11.5 Å². The number of hydrogen-bond donors (Lipinski definition) is 0. The molecule has 4 aromatic carbocycles. The smallest absolute Gasteiger partial charge is 0.343 e. The summed E-state index contributed by atoms with van der Waals surface area (Å²) in [5, 5.41) is 0. The van der Waals surface area contributed by atoms with Crippen molar-refractivity contribution in [1.29, 1.82) is 0 Å². The van der Waals surface area contributed by atoms with Crippen molar-refractivity contribution in [1.82, 2.24) is 0 Å². The molecule has 0 atom stereocenters. The summed E-state index contributed by atoms with van der Waals surface area (Å²) in [4.78, 5) is 12.4. The number of esters is 1. The highest BCUT2D eigenvalue weighted by molar-refractivity contribution is 5.91. The topological polar surface area (TPSA) is 35.5 Å². The second kappa shape index (κ2) is 11.3. The Morgan fingerprint density at radius 3 is 1.70 bits per heavy atom. The summed E-state index contributed by atoms with van der Waals surface area (Å²) in [6.45, 7) is 3.83. The summed E-state index contributed by atoms with van der Waals surface area (Å²) >= 11 is 0. The Morgan fingerprint density at radius 2 is 1.16 bits per heavy atom. The zero-order chi connectivity index (χ0) is 26.5. The van der Waals surface area contributed by atoms with Crippen molar-refractivity contribution in [2.24, 2.45) is 0 Å². The van der Waals surface area contributed by atoms with E-state index in [-0.39, 0.29) is 29.0 Å². The van der Waals surface area contributed by atoms with Gasteiger partial charge in [0.2, 0.25) is 11.6 Å². The van der Waals surface area contributed by atoms with Crippen molar-refractivity contribution in [2.75, 3.05) is 6.61 Å². The Kier molecular flexibility index (Phi) is 7.92. The van der Waals surface area contributed by atoms with E-state index < -0.39 is 35.0 Å². The summed E-state index contributed by atoms with van der Waals surface area (Å²) < 4.78 is 68.2. The minimum Gasteiger partial charge on any atom is -0.491 e. The van der Waals surface area contributed by atoms with Gasteiger partial charge >= 0.3 is 5.97 Å². The molecule has 0 aromatic heterocycles. The Labute approximate surface area is 212 Å². The van der Waals surface area contributed by atoms with Gasteiger partial charge in [0.05, 0.1) is 12.2 Å². The van der Waals surface area contributed by atoms with Gasteiger partial charge in [0.15, 0.2) is 23.1 Å². The van der Waals surface area contributed by atoms with Crippen molar-refractivity contribution >= 4 is 5.97 Å². The molecule has 0 bridgehead atoms. The van der Waals surface area contributed by atoms with Crippen LogP contribution in [0.15, 0.2) is 72.8 Å². The molecule has 3 nitrogen and oxygen atoms in total. The molecular weight excluding hydrogens is 484 g/mol. The van der Waals surface area contributed by atoms with Crippen molar-refractivity contribution in [2.45, 2.75) is 26.7 Å². The first kappa shape index (κ1) is 25.9. The molecule has 4 aromatic rings. The van der Waals surface area contributed by atoms with Crippen LogP contribution in [0.25, 0.3) is 22.3 Å². The second-order valence-corrected chi connectivity index (χ2v) is 8.33. The predicted octanol–water partition coefficient (Wildman–Crippen LogP) is 8.15. The lowest BCUT2D eigenvalue weighted by Gasteiger charge is -2.11. The minimum absolute atomic E-state index is 0.0158. The monoisotopic (exact) mass is 508 g/mol. The Bertz CT molecular complexity index is 1410. The number of hydrogen-bond acceptors (Lipinski definition) is 3. The van der Waals surface area contributed by atoms with Crippen molar-refractivity contribution < 1.29 is 31.8 Å². The number of carbonyl (C=O) groups is 1. The zero-order valence-electron chi connectivity index (χ0n) is 20.3. The lowest BCUT2D eigenvalue weighted by Crippen LogP contribution is -2.10. The summed E-state index contributed by atoms with van der Waals surface area (Å²) in [6, 6.07) is 18.1. The minimum atomic E-state index is -1.35. The van der Waals surface area contributed by atoms with E-state index in [1.54, 1.807) is 19.1 Å². The molecule has 7 heteroatoms. The van der Waals surface area contributed by atoms with Gasteiger partial charge in [-0.1, -0.05) is 61.9 Å². The van der Waals surface area contributed by atoms with Gasteiger partial charge in [0, 0.05) is 11.1 Å². The van der Waals surface area contributed by atoms with Crippen LogP contribution in [-0.2, 0) is 6.42 Å². The number of ether oxygens (including phenoxy) is 2. The van der Waals surface area contributed by atoms with Crippen molar-refractivity contribution in [3.8, 4) is 33.8 Å². The Hall–Kier alpha value is -4.13. The van der Waals surface area contributed by atoms with Gasteiger partial charge in [-0.15, -0.1) is 0 Å². The standard InChI is InChI=1S/C30H24F4O3/c1-3-5-18-6-8-19(9-7-18)22-14-15-23(27(32)26(22)31)20-10-12-21(13-11-20)30(35)37-25-17-16-24(36-4-2)28(33)29(25)34/h6-17H,3-5H2,1-2H3. The van der Waals surface area contributed by atoms with E-state index in [0.717, 1.165) is 30.5 Å². The van der Waals surface area contributed by atoms with Crippen LogP contribution in [-0.4, -0.2) is 12.6 Å². The summed E-state index contributed by atoms with van der Waals surface area (Å²) in [5.74, 6) is -6.44. The molecule has 0 spiro atoms. The van der Waals surface area contributed by atoms with E-state index in [4.69, 9.17) is 9.47 Å². The molecule has 190 valence electrons. The summed E-state index contributed by atoms with van der Waals surface area (Å²) in [6.07, 6.45) is 1.90. The molecule has 0 aliphatic carbocycles. The predicted molar refractivity (Wildman–Crippen MR) is 134 cm³/mol. The third-order valence-electron chi connectivity index (χ3n) is 5.83. The van der Waals surface area contributed by atoms with Gasteiger partial charge in [-0.25, -0.2) is 13.6 Å². The lowest BCUT2D eigenvalue weighted by molar-refractivity contribution is 0.0726. The van der Waals surface area contributed by atoms with E-state index in [0.29, 0.717) is 11.1 Å². The summed E-state index contributed by atoms with van der Waals surface area (Å²) in [5.41, 5.74) is 2.20. The molecule has 0 saturated carbocycles. The molecule has 37 heavy (non-hydrogen) atoms. The quantitative estimate of drug-likeness (QED) is 0.137. The molecular formula is C30H24F4O3. The third kappa shape index (κ3) is 5.50. The van der Waals surface area contributed by atoms with E-state index >= 15 is 0 Å². The first-order chi connectivity index (χ1) is 17.8. The van der Waals surface area contributed by atoms with E-state index in [9.17, 15) is 22.4 Å². The fraction of sp³-hybridized carbons (Fsp3) is 0.167. The fourth-order valence-corrected chi connectivity index (χ4v) is 3.94. The highest BCUT2D eigenvalue weighted by Crippen LogP contribution is 2.32. The van der Waals surface area contributed by atoms with Gasteiger partial charge in [-0.3, -0.25) is 0 Å². The van der Waals surface area contributed by atoms with Crippen molar-refractivity contribution in [3.63, 3.8) is 0 Å². The third-order valence-corrected chi connectivity index (χ3v) is 5.83. The second-order valence-electron chi connectivity index (χ2n) is 8.33. The number of carbonyl (C=O) groups excluding carboxylic acids is 1. The van der Waals surface area contributed by atoms with Gasteiger partial charge in [0.1, 0.15) is 0 Å². The van der Waals surface area contributed by atoms with Crippen LogP contribution in [0.4, 0.5) is 17.6 Å². The van der Waals surface area contributed by atoms with E-state index in [1.165, 1.54) is 36.4 Å². The molecule has 0 aliphatic heterocycles. The molecule has 0 aliphatic rings. The van der Waals surface area contributed by atoms with Crippen molar-refractivity contribution in [3.05, 3.63) is 107 Å². The van der Waals surface area contributed by atoms with Crippen LogP contribution in [0.3, 0.4) is 0 Å². The first-order valence-electron chi connectivity index (χ1n) is 11.8. The number of halogens is 4. The Balaban J connectivity index is 1.53. The Morgan fingerprint density at radius 1 is 0.649 bits per heavy atom. The highest BCUT2D eigenvalue weighted by Gasteiger charge is 2.20. The van der Waals surface area contributed by atoms with Crippen LogP contribution in [0.2, 0.25) is 0 Å². The average Bonchev–Trinajstić information content (AvgIpc) is 2.91. The SMILES string of the molecule is CCCc1ccc(-c2ccc(-c3ccc(C(=O)Oc4ccc(OCC)c(F)c4F)cc3)c(F)c2F)cc1. The van der Waals surface area contributed by atoms with Crippen LogP contribution >= 0.6 is 0 Å². The molecule has 0 unspecified atom stereocenters. The maximum absolute atomic E-state index is 15.0. The molecule has 0 heterocycles. The highest BCUT2D eigenvalue weighted by atomic mass is 19.2. The van der Waals surface area contributed by atoms with Gasteiger partial charge in [-0.2, -0.15) is 8.78 Å². The molecule has 0 N–H and O–H groups in total. The fourth-order valence-electron chi connectivity index (χ4n) is 3.94. The van der Waals surface area contributed by atoms with E-state index in [2.05, 4.69) is 6.92 Å². The molecule has 0 radical (unpaired) electrons. The van der Waals surface area contributed by atoms with Gasteiger partial charge < -0.3 is 9.47 Å². The largest absolute Gasteiger partial charge is 0.491 e. The lowest BCUT2D eigenvalue weighted by atomic mass is 9.97. The molecule has 0 fully saturated rings. The van der Waals surface area contributed by atoms with Gasteiger partial charge in [0.25, 0.3) is 0 Å². The maximum Gasteiger partial charge on any atom is 0.343 e. The molecule has 0 saturated heterocycles. The first-order valence-corrected chi connectivity index (χ1v) is 11.8. The van der Waals surface area contributed by atoms with E-state index in [1.807, 2.05) is 12.1 Å².